The number of rotatable bonds is 3. The van der Waals surface area contributed by atoms with Crippen LogP contribution in [0.4, 0.5) is 0 Å². The zero-order valence-corrected chi connectivity index (χ0v) is 17.1. The van der Waals surface area contributed by atoms with Gasteiger partial charge in [-0.1, -0.05) is 54.3 Å². The van der Waals surface area contributed by atoms with Gasteiger partial charge in [0.1, 0.15) is 5.75 Å². The second kappa shape index (κ2) is 8.02. The second-order valence-corrected chi connectivity index (χ2v) is 8.22. The molecule has 2 nitrogen and oxygen atoms in total. The van der Waals surface area contributed by atoms with Crippen LogP contribution in [0.15, 0.2) is 84.4 Å². The van der Waals surface area contributed by atoms with E-state index in [1.54, 1.807) is 11.3 Å². The number of phenolic OH excluding ortho intramolecular Hbond substituents is 1. The molecule has 0 atom stereocenters. The molecule has 0 unspecified atom stereocenters. The molecule has 0 saturated heterocycles. The Bertz CT molecular complexity index is 1410. The number of hydrogen-bond acceptors (Lipinski definition) is 3. The summed E-state index contributed by atoms with van der Waals surface area (Å²) in [6.07, 6.45) is 1.40. The maximum Gasteiger partial charge on any atom is 0.119 e. The van der Waals surface area contributed by atoms with E-state index in [0.29, 0.717) is 12.2 Å². The summed E-state index contributed by atoms with van der Waals surface area (Å²) in [5.41, 5.74) is 7.12. The number of hydrogen-bond donors (Lipinski definition) is 1. The molecule has 0 aliphatic carbocycles. The highest BCUT2D eigenvalue weighted by molar-refractivity contribution is 7.16. The molecule has 1 aromatic heterocycles. The molecular weight excluding hydrogens is 386 g/mol. The van der Waals surface area contributed by atoms with Gasteiger partial charge in [-0.05, 0) is 63.9 Å². The summed E-state index contributed by atoms with van der Waals surface area (Å²) < 4.78 is 1.18. The third kappa shape index (κ3) is 3.91. The number of benzene rings is 4. The smallest absolute Gasteiger partial charge is 0.119 e. The van der Waals surface area contributed by atoms with Crippen molar-refractivity contribution in [1.29, 1.82) is 0 Å². The maximum atomic E-state index is 10.5. The SMILES string of the molecule is Oc1cc2ccc(C#CCc3ccccc3)cc2cc1Cc1ccc2scnc2c1. The lowest BCUT2D eigenvalue weighted by Crippen LogP contribution is -1.90. The van der Waals surface area contributed by atoms with E-state index in [0.717, 1.165) is 39.4 Å². The Labute approximate surface area is 179 Å². The molecule has 0 saturated carbocycles. The Balaban J connectivity index is 1.42. The van der Waals surface area contributed by atoms with E-state index in [4.69, 9.17) is 0 Å². The number of aromatic hydroxyl groups is 1. The van der Waals surface area contributed by atoms with Crippen LogP contribution in [-0.4, -0.2) is 10.1 Å². The first-order chi connectivity index (χ1) is 14.7. The second-order valence-electron chi connectivity index (χ2n) is 7.34. The normalized spacial score (nSPS) is 10.8. The van der Waals surface area contributed by atoms with Crippen molar-refractivity contribution in [3.8, 4) is 17.6 Å². The van der Waals surface area contributed by atoms with E-state index in [1.807, 2.05) is 41.9 Å². The molecule has 3 heteroatoms. The largest absolute Gasteiger partial charge is 0.508 e. The van der Waals surface area contributed by atoms with E-state index in [1.165, 1.54) is 10.3 Å². The van der Waals surface area contributed by atoms with Gasteiger partial charge in [-0.25, -0.2) is 4.98 Å². The highest BCUT2D eigenvalue weighted by Crippen LogP contribution is 2.29. The van der Waals surface area contributed by atoms with Gasteiger partial charge in [0.05, 0.1) is 15.7 Å². The molecular formula is C27H19NOS. The summed E-state index contributed by atoms with van der Waals surface area (Å²) in [5, 5.41) is 12.6. The molecule has 0 spiro atoms. The van der Waals surface area contributed by atoms with Crippen molar-refractivity contribution >= 4 is 32.3 Å². The van der Waals surface area contributed by atoms with Crippen molar-refractivity contribution in [3.05, 3.63) is 107 Å². The van der Waals surface area contributed by atoms with Gasteiger partial charge < -0.3 is 5.11 Å². The standard InChI is InChI=1S/C27H19NOS/c29-26-17-22-11-9-20(8-4-7-19-5-2-1-3-6-19)13-23(22)16-24(26)14-21-10-12-27-25(15-21)28-18-30-27/h1-3,5-6,9-13,15-18,29H,7,14H2. The Morgan fingerprint density at radius 3 is 2.63 bits per heavy atom. The molecule has 0 aliphatic rings. The van der Waals surface area contributed by atoms with Gasteiger partial charge in [-0.3, -0.25) is 0 Å². The van der Waals surface area contributed by atoms with Crippen molar-refractivity contribution in [3.63, 3.8) is 0 Å². The third-order valence-electron chi connectivity index (χ3n) is 5.20. The lowest BCUT2D eigenvalue weighted by molar-refractivity contribution is 0.470. The summed E-state index contributed by atoms with van der Waals surface area (Å²) in [4.78, 5) is 4.40. The first-order valence-electron chi connectivity index (χ1n) is 9.85. The van der Waals surface area contributed by atoms with Crippen molar-refractivity contribution in [2.75, 3.05) is 0 Å². The Morgan fingerprint density at radius 2 is 1.73 bits per heavy atom. The number of thiazole rings is 1. The fourth-order valence-corrected chi connectivity index (χ4v) is 4.29. The average Bonchev–Trinajstić information content (AvgIpc) is 3.23. The zero-order chi connectivity index (χ0) is 20.3. The summed E-state index contributed by atoms with van der Waals surface area (Å²) in [5.74, 6) is 6.85. The minimum atomic E-state index is 0.323. The van der Waals surface area contributed by atoms with Crippen LogP contribution in [0.5, 0.6) is 5.75 Å². The predicted octanol–water partition coefficient (Wildman–Crippen LogP) is 6.34. The fraction of sp³-hybridized carbons (Fsp3) is 0.0741. The van der Waals surface area contributed by atoms with Crippen LogP contribution < -0.4 is 0 Å². The Morgan fingerprint density at radius 1 is 0.833 bits per heavy atom. The van der Waals surface area contributed by atoms with Crippen LogP contribution in [0, 0.1) is 11.8 Å². The van der Waals surface area contributed by atoms with E-state index in [2.05, 4.69) is 59.3 Å². The number of phenols is 1. The summed E-state index contributed by atoms with van der Waals surface area (Å²) in [6.45, 7) is 0. The highest BCUT2D eigenvalue weighted by Gasteiger charge is 2.07. The third-order valence-corrected chi connectivity index (χ3v) is 6.01. The maximum absolute atomic E-state index is 10.5. The van der Waals surface area contributed by atoms with E-state index in [-0.39, 0.29) is 0 Å². The van der Waals surface area contributed by atoms with Gasteiger partial charge in [-0.15, -0.1) is 11.3 Å². The number of fused-ring (bicyclic) bond motifs is 2. The number of nitrogens with zero attached hydrogens (tertiary/aromatic N) is 1. The van der Waals surface area contributed by atoms with Crippen LogP contribution in [0.1, 0.15) is 22.3 Å². The Hall–Kier alpha value is -3.61. The van der Waals surface area contributed by atoms with E-state index < -0.39 is 0 Å². The van der Waals surface area contributed by atoms with Gasteiger partial charge in [0, 0.05) is 18.4 Å². The molecule has 0 fully saturated rings. The molecule has 0 radical (unpaired) electrons. The molecule has 30 heavy (non-hydrogen) atoms. The zero-order valence-electron chi connectivity index (χ0n) is 16.3. The summed E-state index contributed by atoms with van der Waals surface area (Å²) in [6, 6.07) is 26.6. The van der Waals surface area contributed by atoms with Gasteiger partial charge in [0.15, 0.2) is 0 Å². The van der Waals surface area contributed by atoms with Gasteiger partial charge in [-0.2, -0.15) is 0 Å². The average molecular weight is 406 g/mol. The molecule has 1 heterocycles. The molecule has 0 aliphatic heterocycles. The van der Waals surface area contributed by atoms with Crippen molar-refractivity contribution in [2.24, 2.45) is 0 Å². The van der Waals surface area contributed by atoms with E-state index in [9.17, 15) is 5.11 Å². The van der Waals surface area contributed by atoms with Gasteiger partial charge in [0.25, 0.3) is 0 Å². The molecule has 1 N–H and O–H groups in total. The number of aromatic nitrogens is 1. The Kier molecular flexibility index (Phi) is 4.93. The lowest BCUT2D eigenvalue weighted by atomic mass is 9.98. The summed E-state index contributed by atoms with van der Waals surface area (Å²) in [7, 11) is 0. The minimum Gasteiger partial charge on any atom is -0.508 e. The molecule has 0 amide bonds. The topological polar surface area (TPSA) is 33.1 Å². The van der Waals surface area contributed by atoms with Crippen molar-refractivity contribution < 1.29 is 5.11 Å². The van der Waals surface area contributed by atoms with Crippen LogP contribution in [0.25, 0.3) is 21.0 Å². The van der Waals surface area contributed by atoms with Crippen LogP contribution in [0.3, 0.4) is 0 Å². The predicted molar refractivity (Wildman–Crippen MR) is 125 cm³/mol. The first-order valence-corrected chi connectivity index (χ1v) is 10.7. The van der Waals surface area contributed by atoms with Crippen molar-refractivity contribution in [2.45, 2.75) is 12.8 Å². The highest BCUT2D eigenvalue weighted by atomic mass is 32.1. The first kappa shape index (κ1) is 18.4. The molecule has 5 aromatic rings. The summed E-state index contributed by atoms with van der Waals surface area (Å²) >= 11 is 1.64. The van der Waals surface area contributed by atoms with Crippen LogP contribution in [0.2, 0.25) is 0 Å². The molecule has 4 aromatic carbocycles. The van der Waals surface area contributed by atoms with E-state index >= 15 is 0 Å². The van der Waals surface area contributed by atoms with Crippen LogP contribution in [-0.2, 0) is 12.8 Å². The van der Waals surface area contributed by atoms with Gasteiger partial charge in [0.2, 0.25) is 0 Å². The molecule has 5 rings (SSSR count). The monoisotopic (exact) mass is 405 g/mol. The minimum absolute atomic E-state index is 0.323. The quantitative estimate of drug-likeness (QED) is 0.355. The molecule has 144 valence electrons. The van der Waals surface area contributed by atoms with Crippen LogP contribution >= 0.6 is 11.3 Å². The molecule has 0 bridgehead atoms. The lowest BCUT2D eigenvalue weighted by Gasteiger charge is -2.08. The fourth-order valence-electron chi connectivity index (χ4n) is 3.63. The van der Waals surface area contributed by atoms with Crippen molar-refractivity contribution in [1.82, 2.24) is 4.98 Å². The van der Waals surface area contributed by atoms with Gasteiger partial charge >= 0.3 is 0 Å².